The van der Waals surface area contributed by atoms with Crippen LogP contribution in [0.5, 0.6) is 5.75 Å². The number of fused-ring (bicyclic) bond motifs is 3. The van der Waals surface area contributed by atoms with E-state index in [0.717, 1.165) is 17.7 Å². The molecule has 2 N–H and O–H groups in total. The van der Waals surface area contributed by atoms with Crippen molar-refractivity contribution in [3.63, 3.8) is 0 Å². The summed E-state index contributed by atoms with van der Waals surface area (Å²) in [5, 5.41) is 20.9. The third kappa shape index (κ3) is 3.02. The predicted molar refractivity (Wildman–Crippen MR) is 98.0 cm³/mol. The minimum Gasteiger partial charge on any atom is -0.490 e. The number of aliphatic hydroxyl groups is 2. The predicted octanol–water partition coefficient (Wildman–Crippen LogP) is 3.87. The van der Waals surface area contributed by atoms with Gasteiger partial charge in [-0.3, -0.25) is 0 Å². The lowest BCUT2D eigenvalue weighted by Gasteiger charge is -2.52. The fourth-order valence-corrected chi connectivity index (χ4v) is 5.04. The number of rotatable bonds is 3. The Balaban J connectivity index is 1.89. The first-order chi connectivity index (χ1) is 13.0. The quantitative estimate of drug-likeness (QED) is 0.830. The summed E-state index contributed by atoms with van der Waals surface area (Å²) in [4.78, 5) is 0. The standard InChI is InChI=1S/C21H21ClF2O3/c22-13-3-1-12(2-4-13)9-21-8-7-18(26)14(10-25)15(21)11-27-20-17(24)6-5-16(23)19(20)21/h1-6,14-15,18,25-26H,7-11H2/t14-,15+,18-,21+/m1/s1. The van der Waals surface area contributed by atoms with E-state index in [4.69, 9.17) is 16.3 Å². The van der Waals surface area contributed by atoms with Crippen LogP contribution in [0.2, 0.25) is 5.02 Å². The molecule has 1 heterocycles. The van der Waals surface area contributed by atoms with Crippen LogP contribution in [0.25, 0.3) is 0 Å². The Labute approximate surface area is 161 Å². The Morgan fingerprint density at radius 2 is 1.81 bits per heavy atom. The topological polar surface area (TPSA) is 49.7 Å². The minimum absolute atomic E-state index is 0.0479. The van der Waals surface area contributed by atoms with Crippen molar-refractivity contribution in [2.24, 2.45) is 11.8 Å². The van der Waals surface area contributed by atoms with Gasteiger partial charge in [0.1, 0.15) is 5.82 Å². The SMILES string of the molecule is OC[C@H]1[C@H](O)CC[C@@]2(Cc3ccc(Cl)cc3)c3c(F)ccc(F)c3OC[C@@H]12. The zero-order valence-corrected chi connectivity index (χ0v) is 15.4. The molecule has 0 spiro atoms. The summed E-state index contributed by atoms with van der Waals surface area (Å²) in [6.45, 7) is -0.104. The van der Waals surface area contributed by atoms with Gasteiger partial charge in [-0.2, -0.15) is 0 Å². The number of ether oxygens (including phenoxy) is 1. The van der Waals surface area contributed by atoms with Gasteiger partial charge < -0.3 is 14.9 Å². The van der Waals surface area contributed by atoms with Crippen LogP contribution in [0.4, 0.5) is 8.78 Å². The smallest absolute Gasteiger partial charge is 0.165 e. The fraction of sp³-hybridized carbons (Fsp3) is 0.429. The maximum absolute atomic E-state index is 15.0. The van der Waals surface area contributed by atoms with Crippen molar-refractivity contribution >= 4 is 11.6 Å². The molecular formula is C21H21ClF2O3. The second-order valence-corrected chi connectivity index (χ2v) is 8.00. The first-order valence-electron chi connectivity index (χ1n) is 9.11. The molecule has 0 aromatic heterocycles. The van der Waals surface area contributed by atoms with E-state index in [-0.39, 0.29) is 30.4 Å². The first kappa shape index (κ1) is 18.7. The molecule has 1 saturated carbocycles. The van der Waals surface area contributed by atoms with Crippen molar-refractivity contribution in [2.45, 2.75) is 30.8 Å². The van der Waals surface area contributed by atoms with E-state index < -0.39 is 29.1 Å². The van der Waals surface area contributed by atoms with Gasteiger partial charge >= 0.3 is 0 Å². The van der Waals surface area contributed by atoms with E-state index >= 15 is 0 Å². The molecule has 0 amide bonds. The van der Waals surface area contributed by atoms with Gasteiger partial charge in [0.15, 0.2) is 11.6 Å². The molecule has 6 heteroatoms. The number of hydrogen-bond acceptors (Lipinski definition) is 3. The van der Waals surface area contributed by atoms with Gasteiger partial charge in [-0.05, 0) is 49.1 Å². The van der Waals surface area contributed by atoms with Gasteiger partial charge in [0.05, 0.1) is 12.7 Å². The highest BCUT2D eigenvalue weighted by atomic mass is 35.5. The first-order valence-corrected chi connectivity index (χ1v) is 9.48. The van der Waals surface area contributed by atoms with Gasteiger partial charge in [-0.25, -0.2) is 8.78 Å². The molecule has 0 radical (unpaired) electrons. The van der Waals surface area contributed by atoms with Gasteiger partial charge in [-0.1, -0.05) is 23.7 Å². The van der Waals surface area contributed by atoms with E-state index in [1.54, 1.807) is 12.1 Å². The van der Waals surface area contributed by atoms with Crippen molar-refractivity contribution in [1.82, 2.24) is 0 Å². The highest BCUT2D eigenvalue weighted by Gasteiger charge is 2.54. The molecule has 144 valence electrons. The molecule has 0 bridgehead atoms. The maximum atomic E-state index is 15.0. The van der Waals surface area contributed by atoms with Crippen LogP contribution in [-0.4, -0.2) is 29.5 Å². The van der Waals surface area contributed by atoms with Crippen LogP contribution in [0.3, 0.4) is 0 Å². The van der Waals surface area contributed by atoms with Crippen LogP contribution in [0.15, 0.2) is 36.4 Å². The summed E-state index contributed by atoms with van der Waals surface area (Å²) < 4.78 is 35.0. The summed E-state index contributed by atoms with van der Waals surface area (Å²) in [5.41, 5.74) is 0.397. The van der Waals surface area contributed by atoms with E-state index in [0.29, 0.717) is 24.3 Å². The van der Waals surface area contributed by atoms with Crippen LogP contribution < -0.4 is 4.74 Å². The second-order valence-electron chi connectivity index (χ2n) is 7.56. The van der Waals surface area contributed by atoms with E-state index in [1.165, 1.54) is 0 Å². The second kappa shape index (κ2) is 7.04. The summed E-state index contributed by atoms with van der Waals surface area (Å²) in [7, 11) is 0. The molecular weight excluding hydrogens is 374 g/mol. The van der Waals surface area contributed by atoms with Gasteiger partial charge in [0.2, 0.25) is 0 Å². The Hall–Kier alpha value is -1.69. The van der Waals surface area contributed by atoms with E-state index in [1.807, 2.05) is 12.1 Å². The zero-order valence-electron chi connectivity index (χ0n) is 14.7. The number of halogens is 3. The molecule has 0 unspecified atom stereocenters. The lowest BCUT2D eigenvalue weighted by molar-refractivity contribution is -0.0660. The normalized spacial score (nSPS) is 29.6. The van der Waals surface area contributed by atoms with Crippen molar-refractivity contribution in [1.29, 1.82) is 0 Å². The number of aliphatic hydroxyl groups excluding tert-OH is 2. The summed E-state index contributed by atoms with van der Waals surface area (Å²) in [6.07, 6.45) is 0.647. The van der Waals surface area contributed by atoms with Crippen LogP contribution in [0.1, 0.15) is 24.0 Å². The molecule has 3 nitrogen and oxygen atoms in total. The van der Waals surface area contributed by atoms with Gasteiger partial charge in [0, 0.05) is 34.4 Å². The highest BCUT2D eigenvalue weighted by molar-refractivity contribution is 6.30. The fourth-order valence-electron chi connectivity index (χ4n) is 4.91. The van der Waals surface area contributed by atoms with Crippen molar-refractivity contribution < 1.29 is 23.7 Å². The number of hydrogen-bond donors (Lipinski definition) is 2. The van der Waals surface area contributed by atoms with Crippen molar-refractivity contribution in [3.05, 3.63) is 64.2 Å². The molecule has 1 fully saturated rings. The third-order valence-electron chi connectivity index (χ3n) is 6.21. The van der Waals surface area contributed by atoms with Gasteiger partial charge in [-0.15, -0.1) is 0 Å². The largest absolute Gasteiger partial charge is 0.490 e. The average Bonchev–Trinajstić information content (AvgIpc) is 2.66. The van der Waals surface area contributed by atoms with Crippen molar-refractivity contribution in [3.8, 4) is 5.75 Å². The summed E-state index contributed by atoms with van der Waals surface area (Å²) >= 11 is 5.99. The summed E-state index contributed by atoms with van der Waals surface area (Å²) in [6, 6.07) is 9.49. The highest BCUT2D eigenvalue weighted by Crippen LogP contribution is 2.55. The van der Waals surface area contributed by atoms with Crippen molar-refractivity contribution in [2.75, 3.05) is 13.2 Å². The molecule has 27 heavy (non-hydrogen) atoms. The average molecular weight is 395 g/mol. The molecule has 4 rings (SSSR count). The van der Waals surface area contributed by atoms with E-state index in [9.17, 15) is 19.0 Å². The lowest BCUT2D eigenvalue weighted by atomic mass is 9.55. The molecule has 1 aliphatic heterocycles. The monoisotopic (exact) mass is 394 g/mol. The van der Waals surface area contributed by atoms with Crippen LogP contribution in [0, 0.1) is 23.5 Å². The lowest BCUT2D eigenvalue weighted by Crippen LogP contribution is -2.55. The van der Waals surface area contributed by atoms with Crippen LogP contribution >= 0.6 is 11.6 Å². The minimum atomic E-state index is -0.764. The maximum Gasteiger partial charge on any atom is 0.165 e. The molecule has 2 aromatic rings. The van der Waals surface area contributed by atoms with Crippen LogP contribution in [-0.2, 0) is 11.8 Å². The Kier molecular flexibility index (Phi) is 4.87. The zero-order chi connectivity index (χ0) is 19.2. The Morgan fingerprint density at radius 3 is 2.52 bits per heavy atom. The molecule has 4 atom stereocenters. The summed E-state index contributed by atoms with van der Waals surface area (Å²) in [5.74, 6) is -1.94. The Bertz CT molecular complexity index is 842. The Morgan fingerprint density at radius 1 is 1.11 bits per heavy atom. The molecule has 2 aromatic carbocycles. The number of benzene rings is 2. The third-order valence-corrected chi connectivity index (χ3v) is 6.47. The molecule has 0 saturated heterocycles. The van der Waals surface area contributed by atoms with E-state index in [2.05, 4.69) is 0 Å². The molecule has 1 aliphatic carbocycles. The van der Waals surface area contributed by atoms with Gasteiger partial charge in [0.25, 0.3) is 0 Å². The molecule has 2 aliphatic rings.